The zero-order valence-corrected chi connectivity index (χ0v) is 15.3. The molecule has 0 amide bonds. The molecule has 2 heterocycles. The molecule has 0 saturated carbocycles. The quantitative estimate of drug-likeness (QED) is 0.816. The van der Waals surface area contributed by atoms with Crippen LogP contribution in [0.1, 0.15) is 31.2 Å². The topological polar surface area (TPSA) is 96.4 Å². The molecule has 0 saturated heterocycles. The maximum atomic E-state index is 12.5. The standard InChI is InChI=1S/C16H20N2O4S2/c1-16(2,3)13-4-5-14(23-13)24(21,22)18-12(15(19)20)10-11-6-8-17-9-7-11/h4-9,12,18H,10H2,1-3H3,(H,19,20). The molecule has 2 aromatic heterocycles. The Morgan fingerprint density at radius 1 is 1.25 bits per heavy atom. The summed E-state index contributed by atoms with van der Waals surface area (Å²) in [6, 6.07) is 5.36. The number of sulfonamides is 1. The van der Waals surface area contributed by atoms with Gasteiger partial charge in [-0.05, 0) is 41.7 Å². The first kappa shape index (κ1) is 18.6. The van der Waals surface area contributed by atoms with Gasteiger partial charge in [0.25, 0.3) is 10.0 Å². The third-order valence-corrected chi connectivity index (χ3v) is 6.84. The van der Waals surface area contributed by atoms with Crippen molar-refractivity contribution < 1.29 is 18.3 Å². The average molecular weight is 368 g/mol. The molecular formula is C16H20N2O4S2. The lowest BCUT2D eigenvalue weighted by atomic mass is 9.95. The fraction of sp³-hybridized carbons (Fsp3) is 0.375. The summed E-state index contributed by atoms with van der Waals surface area (Å²) in [5.74, 6) is -1.22. The van der Waals surface area contributed by atoms with Gasteiger partial charge in [0.15, 0.2) is 0 Å². The molecule has 2 aromatic rings. The second kappa shape index (κ2) is 7.00. The number of hydrogen-bond acceptors (Lipinski definition) is 5. The van der Waals surface area contributed by atoms with E-state index in [1.54, 1.807) is 18.2 Å². The van der Waals surface area contributed by atoms with Crippen LogP contribution in [0.25, 0.3) is 0 Å². The van der Waals surface area contributed by atoms with E-state index >= 15 is 0 Å². The number of carboxylic acids is 1. The maximum Gasteiger partial charge on any atom is 0.322 e. The van der Waals surface area contributed by atoms with Crippen LogP contribution in [0, 0.1) is 0 Å². The molecule has 8 heteroatoms. The summed E-state index contributed by atoms with van der Waals surface area (Å²) in [5.41, 5.74) is 0.531. The molecule has 0 spiro atoms. The van der Waals surface area contributed by atoms with Crippen molar-refractivity contribution in [1.82, 2.24) is 9.71 Å². The Morgan fingerprint density at radius 3 is 2.38 bits per heavy atom. The van der Waals surface area contributed by atoms with Gasteiger partial charge in [-0.15, -0.1) is 11.3 Å². The molecule has 2 rings (SSSR count). The normalized spacial score (nSPS) is 13.6. The van der Waals surface area contributed by atoms with Gasteiger partial charge in [0.1, 0.15) is 10.3 Å². The van der Waals surface area contributed by atoms with E-state index in [1.165, 1.54) is 18.5 Å². The lowest BCUT2D eigenvalue weighted by molar-refractivity contribution is -0.138. The van der Waals surface area contributed by atoms with Crippen LogP contribution in [-0.2, 0) is 26.7 Å². The van der Waals surface area contributed by atoms with Crippen molar-refractivity contribution >= 4 is 27.3 Å². The molecule has 24 heavy (non-hydrogen) atoms. The first-order valence-corrected chi connectivity index (χ1v) is 9.64. The minimum absolute atomic E-state index is 0.0502. The van der Waals surface area contributed by atoms with Gasteiger partial charge in [-0.1, -0.05) is 20.8 Å². The number of pyridine rings is 1. The largest absolute Gasteiger partial charge is 0.480 e. The zero-order valence-electron chi connectivity index (χ0n) is 13.7. The van der Waals surface area contributed by atoms with Crippen LogP contribution in [-0.4, -0.2) is 30.5 Å². The van der Waals surface area contributed by atoms with E-state index in [9.17, 15) is 18.3 Å². The molecule has 6 nitrogen and oxygen atoms in total. The van der Waals surface area contributed by atoms with Crippen molar-refractivity contribution in [2.24, 2.45) is 0 Å². The molecule has 2 N–H and O–H groups in total. The maximum absolute atomic E-state index is 12.5. The third kappa shape index (κ3) is 4.62. The van der Waals surface area contributed by atoms with Crippen LogP contribution < -0.4 is 4.72 Å². The molecule has 130 valence electrons. The van der Waals surface area contributed by atoms with Crippen molar-refractivity contribution in [2.45, 2.75) is 42.9 Å². The molecule has 0 aliphatic carbocycles. The van der Waals surface area contributed by atoms with Crippen LogP contribution in [0.4, 0.5) is 0 Å². The smallest absolute Gasteiger partial charge is 0.322 e. The van der Waals surface area contributed by atoms with Crippen LogP contribution in [0.3, 0.4) is 0 Å². The van der Waals surface area contributed by atoms with Crippen molar-refractivity contribution in [3.8, 4) is 0 Å². The van der Waals surface area contributed by atoms with Gasteiger partial charge in [0.05, 0.1) is 0 Å². The van der Waals surface area contributed by atoms with Gasteiger partial charge in [0.2, 0.25) is 0 Å². The summed E-state index contributed by atoms with van der Waals surface area (Å²) < 4.78 is 27.4. The molecule has 1 unspecified atom stereocenters. The Morgan fingerprint density at radius 2 is 1.88 bits per heavy atom. The first-order valence-electron chi connectivity index (χ1n) is 7.34. The molecule has 0 fully saturated rings. The SMILES string of the molecule is CC(C)(C)c1ccc(S(=O)(=O)NC(Cc2ccncc2)C(=O)O)s1. The Kier molecular flexibility index (Phi) is 5.42. The van der Waals surface area contributed by atoms with E-state index in [0.717, 1.165) is 16.2 Å². The molecular weight excluding hydrogens is 348 g/mol. The molecule has 0 aliphatic rings. The van der Waals surface area contributed by atoms with Gasteiger partial charge in [-0.3, -0.25) is 9.78 Å². The zero-order chi connectivity index (χ0) is 18.0. The van der Waals surface area contributed by atoms with Crippen molar-refractivity contribution in [3.63, 3.8) is 0 Å². The van der Waals surface area contributed by atoms with Crippen LogP contribution in [0.15, 0.2) is 40.9 Å². The highest BCUT2D eigenvalue weighted by atomic mass is 32.2. The summed E-state index contributed by atoms with van der Waals surface area (Å²) in [5, 5.41) is 9.34. The Labute approximate surface area is 145 Å². The number of aromatic nitrogens is 1. The minimum Gasteiger partial charge on any atom is -0.480 e. The van der Waals surface area contributed by atoms with Crippen molar-refractivity contribution in [1.29, 1.82) is 0 Å². The van der Waals surface area contributed by atoms with Crippen molar-refractivity contribution in [3.05, 3.63) is 47.1 Å². The van der Waals surface area contributed by atoms with Crippen LogP contribution >= 0.6 is 11.3 Å². The van der Waals surface area contributed by atoms with Gasteiger partial charge in [-0.25, -0.2) is 8.42 Å². The number of rotatable bonds is 6. The van der Waals surface area contributed by atoms with Gasteiger partial charge in [-0.2, -0.15) is 4.72 Å². The number of nitrogens with zero attached hydrogens (tertiary/aromatic N) is 1. The summed E-state index contributed by atoms with van der Waals surface area (Å²) in [6.45, 7) is 5.98. The highest BCUT2D eigenvalue weighted by Crippen LogP contribution is 2.31. The number of carboxylic acid groups (broad SMARTS) is 1. The Bertz CT molecular complexity index is 808. The monoisotopic (exact) mass is 368 g/mol. The number of nitrogens with one attached hydrogen (secondary N) is 1. The number of thiophene rings is 1. The molecule has 0 radical (unpaired) electrons. The highest BCUT2D eigenvalue weighted by molar-refractivity contribution is 7.91. The predicted molar refractivity (Wildman–Crippen MR) is 92.7 cm³/mol. The number of carbonyl (C=O) groups is 1. The van der Waals surface area contributed by atoms with E-state index in [1.807, 2.05) is 20.8 Å². The van der Waals surface area contributed by atoms with E-state index in [-0.39, 0.29) is 16.0 Å². The fourth-order valence-electron chi connectivity index (χ4n) is 2.05. The summed E-state index contributed by atoms with van der Waals surface area (Å²) in [4.78, 5) is 16.2. The van der Waals surface area contributed by atoms with Crippen molar-refractivity contribution in [2.75, 3.05) is 0 Å². The van der Waals surface area contributed by atoms with E-state index in [4.69, 9.17) is 0 Å². The van der Waals surface area contributed by atoms with Gasteiger partial charge < -0.3 is 5.11 Å². The first-order chi connectivity index (χ1) is 11.1. The summed E-state index contributed by atoms with van der Waals surface area (Å²) in [7, 11) is -3.89. The third-order valence-electron chi connectivity index (χ3n) is 3.37. The van der Waals surface area contributed by atoms with E-state index in [2.05, 4.69) is 9.71 Å². The van der Waals surface area contributed by atoms with Crippen LogP contribution in [0.2, 0.25) is 0 Å². The number of hydrogen-bond donors (Lipinski definition) is 2. The predicted octanol–water partition coefficient (Wildman–Crippen LogP) is 2.41. The lowest BCUT2D eigenvalue weighted by Crippen LogP contribution is -2.42. The second-order valence-electron chi connectivity index (χ2n) is 6.44. The summed E-state index contributed by atoms with van der Waals surface area (Å²) >= 11 is 1.15. The fourth-order valence-corrected chi connectivity index (χ4v) is 4.62. The summed E-state index contributed by atoms with van der Waals surface area (Å²) in [6.07, 6.45) is 3.13. The molecule has 1 atom stereocenters. The second-order valence-corrected chi connectivity index (χ2v) is 9.46. The molecule has 0 aliphatic heterocycles. The Balaban J connectivity index is 2.21. The Hall–Kier alpha value is -1.77. The van der Waals surface area contributed by atoms with Gasteiger partial charge >= 0.3 is 5.97 Å². The van der Waals surface area contributed by atoms with Gasteiger partial charge in [0, 0.05) is 17.3 Å². The van der Waals surface area contributed by atoms with Crippen LogP contribution in [0.5, 0.6) is 0 Å². The molecule has 0 bridgehead atoms. The lowest BCUT2D eigenvalue weighted by Gasteiger charge is -2.16. The number of aliphatic carboxylic acids is 1. The minimum atomic E-state index is -3.89. The molecule has 0 aromatic carbocycles. The van der Waals surface area contributed by atoms with E-state index in [0.29, 0.717) is 5.56 Å². The van der Waals surface area contributed by atoms with E-state index < -0.39 is 22.0 Å². The average Bonchev–Trinajstić information content (AvgIpc) is 2.98. The highest BCUT2D eigenvalue weighted by Gasteiger charge is 2.28.